The standard InChI is InChI=1S/C27H27N3O2/c1-4-30-25(27(31)28-18-20-11-9-15-23(17-20)32-3)24(22-14-8-10-19(2)16-22)29-26(30)21-12-6-5-7-13-21/h5-17H,4,18H2,1-3H3,(H,28,31). The Morgan fingerprint density at radius 1 is 0.969 bits per heavy atom. The van der Waals surface area contributed by atoms with Crippen LogP contribution in [0.1, 0.15) is 28.5 Å². The zero-order valence-corrected chi connectivity index (χ0v) is 18.6. The Kier molecular flexibility index (Phi) is 6.36. The van der Waals surface area contributed by atoms with E-state index in [1.807, 2.05) is 91.2 Å². The van der Waals surface area contributed by atoms with Crippen molar-refractivity contribution in [3.8, 4) is 28.4 Å². The van der Waals surface area contributed by atoms with Gasteiger partial charge in [0.1, 0.15) is 23.0 Å². The summed E-state index contributed by atoms with van der Waals surface area (Å²) in [4.78, 5) is 18.4. The lowest BCUT2D eigenvalue weighted by Gasteiger charge is -2.12. The monoisotopic (exact) mass is 425 g/mol. The van der Waals surface area contributed by atoms with Crippen LogP contribution in [0.5, 0.6) is 5.75 Å². The van der Waals surface area contributed by atoms with Gasteiger partial charge in [0, 0.05) is 24.2 Å². The first-order valence-corrected chi connectivity index (χ1v) is 10.7. The van der Waals surface area contributed by atoms with Crippen molar-refractivity contribution in [2.45, 2.75) is 26.9 Å². The van der Waals surface area contributed by atoms with Gasteiger partial charge >= 0.3 is 0 Å². The van der Waals surface area contributed by atoms with E-state index in [0.29, 0.717) is 24.5 Å². The Balaban J connectivity index is 1.76. The van der Waals surface area contributed by atoms with Gasteiger partial charge in [-0.3, -0.25) is 4.79 Å². The van der Waals surface area contributed by atoms with E-state index in [4.69, 9.17) is 9.72 Å². The summed E-state index contributed by atoms with van der Waals surface area (Å²) in [7, 11) is 1.64. The Morgan fingerprint density at radius 3 is 2.44 bits per heavy atom. The molecule has 5 heteroatoms. The number of aryl methyl sites for hydroxylation is 1. The summed E-state index contributed by atoms with van der Waals surface area (Å²) in [5.41, 5.74) is 5.27. The normalized spacial score (nSPS) is 10.7. The molecule has 0 atom stereocenters. The number of benzene rings is 3. The maximum atomic E-state index is 13.5. The molecule has 0 unspecified atom stereocenters. The molecule has 162 valence electrons. The van der Waals surface area contributed by atoms with Crippen molar-refractivity contribution < 1.29 is 9.53 Å². The number of aromatic nitrogens is 2. The number of carbonyl (C=O) groups is 1. The number of methoxy groups -OCH3 is 1. The van der Waals surface area contributed by atoms with E-state index in [0.717, 1.165) is 33.8 Å². The molecular weight excluding hydrogens is 398 g/mol. The molecule has 0 aliphatic heterocycles. The fourth-order valence-electron chi connectivity index (χ4n) is 3.84. The van der Waals surface area contributed by atoms with Gasteiger partial charge in [-0.1, -0.05) is 66.2 Å². The van der Waals surface area contributed by atoms with Crippen LogP contribution >= 0.6 is 0 Å². The first-order chi connectivity index (χ1) is 15.6. The molecule has 0 saturated carbocycles. The first kappa shape index (κ1) is 21.4. The van der Waals surface area contributed by atoms with E-state index < -0.39 is 0 Å². The Morgan fingerprint density at radius 2 is 1.72 bits per heavy atom. The summed E-state index contributed by atoms with van der Waals surface area (Å²) in [6.07, 6.45) is 0. The zero-order valence-electron chi connectivity index (χ0n) is 18.6. The number of carbonyl (C=O) groups excluding carboxylic acids is 1. The van der Waals surface area contributed by atoms with Gasteiger partial charge in [0.05, 0.1) is 7.11 Å². The lowest BCUT2D eigenvalue weighted by Crippen LogP contribution is -2.26. The highest BCUT2D eigenvalue weighted by Gasteiger charge is 2.24. The van der Waals surface area contributed by atoms with Crippen LogP contribution in [0.3, 0.4) is 0 Å². The molecule has 5 nitrogen and oxygen atoms in total. The van der Waals surface area contributed by atoms with Crippen molar-refractivity contribution in [3.05, 3.63) is 95.7 Å². The molecule has 1 heterocycles. The summed E-state index contributed by atoms with van der Waals surface area (Å²) < 4.78 is 7.29. The van der Waals surface area contributed by atoms with Gasteiger partial charge in [-0.25, -0.2) is 4.98 Å². The number of hydrogen-bond acceptors (Lipinski definition) is 3. The molecule has 0 radical (unpaired) electrons. The van der Waals surface area contributed by atoms with E-state index in [1.165, 1.54) is 0 Å². The molecule has 4 aromatic rings. The highest BCUT2D eigenvalue weighted by molar-refractivity contribution is 5.99. The second kappa shape index (κ2) is 9.52. The van der Waals surface area contributed by atoms with Crippen LogP contribution in [-0.2, 0) is 13.1 Å². The highest BCUT2D eigenvalue weighted by atomic mass is 16.5. The first-order valence-electron chi connectivity index (χ1n) is 10.7. The molecule has 0 bridgehead atoms. The van der Waals surface area contributed by atoms with Gasteiger partial charge < -0.3 is 14.6 Å². The van der Waals surface area contributed by atoms with Crippen LogP contribution in [0.15, 0.2) is 78.9 Å². The van der Waals surface area contributed by atoms with Crippen molar-refractivity contribution in [3.63, 3.8) is 0 Å². The van der Waals surface area contributed by atoms with Crippen molar-refractivity contribution in [2.75, 3.05) is 7.11 Å². The molecule has 0 saturated heterocycles. The number of imidazole rings is 1. The number of amides is 1. The van der Waals surface area contributed by atoms with Crippen LogP contribution in [0.2, 0.25) is 0 Å². The fourth-order valence-corrected chi connectivity index (χ4v) is 3.84. The van der Waals surface area contributed by atoms with E-state index in [1.54, 1.807) is 7.11 Å². The van der Waals surface area contributed by atoms with Crippen molar-refractivity contribution in [1.29, 1.82) is 0 Å². The summed E-state index contributed by atoms with van der Waals surface area (Å²) >= 11 is 0. The van der Waals surface area contributed by atoms with Crippen molar-refractivity contribution in [2.24, 2.45) is 0 Å². The number of nitrogens with one attached hydrogen (secondary N) is 1. The molecule has 4 rings (SSSR count). The van der Waals surface area contributed by atoms with Crippen LogP contribution in [-0.4, -0.2) is 22.6 Å². The van der Waals surface area contributed by atoms with E-state index >= 15 is 0 Å². The predicted molar refractivity (Wildman–Crippen MR) is 128 cm³/mol. The topological polar surface area (TPSA) is 56.2 Å². The molecule has 1 N–H and O–H groups in total. The molecule has 32 heavy (non-hydrogen) atoms. The Hall–Kier alpha value is -3.86. The molecule has 0 aliphatic rings. The molecule has 1 aromatic heterocycles. The molecule has 1 amide bonds. The largest absolute Gasteiger partial charge is 0.497 e. The minimum absolute atomic E-state index is 0.152. The van der Waals surface area contributed by atoms with E-state index in [-0.39, 0.29) is 5.91 Å². The van der Waals surface area contributed by atoms with Crippen LogP contribution in [0.25, 0.3) is 22.6 Å². The Labute approximate surface area is 188 Å². The second-order valence-electron chi connectivity index (χ2n) is 7.65. The molecular formula is C27H27N3O2. The third-order valence-corrected chi connectivity index (χ3v) is 5.41. The maximum absolute atomic E-state index is 13.5. The SMILES string of the molecule is CCn1c(-c2ccccc2)nc(-c2cccc(C)c2)c1C(=O)NCc1cccc(OC)c1. The number of hydrogen-bond donors (Lipinski definition) is 1. The summed E-state index contributed by atoms with van der Waals surface area (Å²) in [5.74, 6) is 1.40. The third-order valence-electron chi connectivity index (χ3n) is 5.41. The van der Waals surface area contributed by atoms with Crippen LogP contribution < -0.4 is 10.1 Å². The maximum Gasteiger partial charge on any atom is 0.270 e. The van der Waals surface area contributed by atoms with Gasteiger partial charge in [0.25, 0.3) is 5.91 Å². The van der Waals surface area contributed by atoms with Gasteiger partial charge in [-0.15, -0.1) is 0 Å². The minimum atomic E-state index is -0.152. The number of rotatable bonds is 7. The smallest absolute Gasteiger partial charge is 0.270 e. The molecule has 0 spiro atoms. The number of nitrogens with zero attached hydrogens (tertiary/aromatic N) is 2. The fraction of sp³-hybridized carbons (Fsp3) is 0.185. The zero-order chi connectivity index (χ0) is 22.5. The lowest BCUT2D eigenvalue weighted by molar-refractivity contribution is 0.0942. The Bertz CT molecular complexity index is 1230. The lowest BCUT2D eigenvalue weighted by atomic mass is 10.1. The average Bonchev–Trinajstić information content (AvgIpc) is 3.23. The quantitative estimate of drug-likeness (QED) is 0.426. The molecule has 3 aromatic carbocycles. The second-order valence-corrected chi connectivity index (χ2v) is 7.65. The van der Waals surface area contributed by atoms with Gasteiger partial charge in [0.2, 0.25) is 0 Å². The highest BCUT2D eigenvalue weighted by Crippen LogP contribution is 2.30. The minimum Gasteiger partial charge on any atom is -0.497 e. The van der Waals surface area contributed by atoms with Gasteiger partial charge in [0.15, 0.2) is 0 Å². The van der Waals surface area contributed by atoms with E-state index in [9.17, 15) is 4.79 Å². The van der Waals surface area contributed by atoms with Crippen LogP contribution in [0.4, 0.5) is 0 Å². The van der Waals surface area contributed by atoms with Gasteiger partial charge in [-0.2, -0.15) is 0 Å². The summed E-state index contributed by atoms with van der Waals surface area (Å²) in [6.45, 7) is 5.11. The van der Waals surface area contributed by atoms with Crippen LogP contribution in [0, 0.1) is 6.92 Å². The van der Waals surface area contributed by atoms with Crippen molar-refractivity contribution >= 4 is 5.91 Å². The summed E-state index contributed by atoms with van der Waals surface area (Å²) in [6, 6.07) is 25.8. The van der Waals surface area contributed by atoms with Gasteiger partial charge in [-0.05, 0) is 37.6 Å². The molecule has 0 aliphatic carbocycles. The van der Waals surface area contributed by atoms with Crippen molar-refractivity contribution in [1.82, 2.24) is 14.9 Å². The van der Waals surface area contributed by atoms with E-state index in [2.05, 4.69) is 11.4 Å². The molecule has 0 fully saturated rings. The predicted octanol–water partition coefficient (Wildman–Crippen LogP) is 5.48. The third kappa shape index (κ3) is 4.42. The summed E-state index contributed by atoms with van der Waals surface area (Å²) in [5, 5.41) is 3.08. The average molecular weight is 426 g/mol. The number of ether oxygens (including phenoxy) is 1.